The van der Waals surface area contributed by atoms with Crippen LogP contribution in [0.15, 0.2) is 42.6 Å². The predicted octanol–water partition coefficient (Wildman–Crippen LogP) is 6.01. The summed E-state index contributed by atoms with van der Waals surface area (Å²) in [5, 5.41) is 0. The molecule has 1 aliphatic heterocycles. The van der Waals surface area contributed by atoms with E-state index in [1.807, 2.05) is 26.8 Å². The molecule has 2 aromatic rings. The van der Waals surface area contributed by atoms with E-state index in [2.05, 4.69) is 4.98 Å². The van der Waals surface area contributed by atoms with Crippen molar-refractivity contribution >= 4 is 6.09 Å². The van der Waals surface area contributed by atoms with Gasteiger partial charge < -0.3 is 14.4 Å². The van der Waals surface area contributed by atoms with Crippen LogP contribution >= 0.6 is 0 Å². The number of halogens is 3. The average Bonchev–Trinajstić information content (AvgIpc) is 2.67. The average molecular weight is 422 g/mol. The summed E-state index contributed by atoms with van der Waals surface area (Å²) >= 11 is 0. The molecule has 0 bridgehead atoms. The van der Waals surface area contributed by atoms with Crippen LogP contribution in [0.3, 0.4) is 0 Å². The molecule has 2 heterocycles. The van der Waals surface area contributed by atoms with Crippen LogP contribution in [0.5, 0.6) is 11.6 Å². The smallest absolute Gasteiger partial charge is 0.419 e. The lowest BCUT2D eigenvalue weighted by atomic mass is 9.90. The highest BCUT2D eigenvalue weighted by Gasteiger charge is 2.35. The highest BCUT2D eigenvalue weighted by Crippen LogP contribution is 2.40. The van der Waals surface area contributed by atoms with Gasteiger partial charge in [0, 0.05) is 24.8 Å². The van der Waals surface area contributed by atoms with E-state index in [-0.39, 0.29) is 23.6 Å². The highest BCUT2D eigenvalue weighted by molar-refractivity contribution is 5.68. The first-order valence-electron chi connectivity index (χ1n) is 9.81. The molecule has 0 unspecified atom stereocenters. The molecule has 30 heavy (non-hydrogen) atoms. The van der Waals surface area contributed by atoms with E-state index in [1.54, 1.807) is 11.0 Å². The first-order chi connectivity index (χ1) is 14.0. The molecule has 0 aliphatic carbocycles. The van der Waals surface area contributed by atoms with Gasteiger partial charge in [0.2, 0.25) is 5.88 Å². The summed E-state index contributed by atoms with van der Waals surface area (Å²) in [5.41, 5.74) is -0.677. The number of hydrogen-bond acceptors (Lipinski definition) is 4. The first-order valence-corrected chi connectivity index (χ1v) is 9.81. The summed E-state index contributed by atoms with van der Waals surface area (Å²) in [7, 11) is 0. The Kier molecular flexibility index (Phi) is 6.24. The standard InChI is InChI=1S/C22H25F3N2O3/c1-21(2,3)30-20(28)27-13-10-15(11-14-27)16-7-6-12-26-19(16)29-18-9-5-4-8-17(18)22(23,24)25/h4-9,12,15H,10-11,13-14H2,1-3H3. The Morgan fingerprint density at radius 3 is 2.37 bits per heavy atom. The normalized spacial score (nSPS) is 15.7. The molecule has 0 saturated carbocycles. The van der Waals surface area contributed by atoms with Crippen LogP contribution in [0, 0.1) is 0 Å². The molecule has 1 saturated heterocycles. The van der Waals surface area contributed by atoms with Gasteiger partial charge in [-0.2, -0.15) is 13.2 Å². The Hall–Kier alpha value is -2.77. The molecule has 1 aliphatic rings. The van der Waals surface area contributed by atoms with Crippen LogP contribution in [-0.4, -0.2) is 34.7 Å². The van der Waals surface area contributed by atoms with E-state index >= 15 is 0 Å². The second-order valence-electron chi connectivity index (χ2n) is 8.24. The number of amides is 1. The lowest BCUT2D eigenvalue weighted by molar-refractivity contribution is -0.138. The van der Waals surface area contributed by atoms with Gasteiger partial charge in [-0.3, -0.25) is 0 Å². The number of likely N-dealkylation sites (tertiary alicyclic amines) is 1. The summed E-state index contributed by atoms with van der Waals surface area (Å²) in [5.74, 6) is -0.105. The summed E-state index contributed by atoms with van der Waals surface area (Å²) in [6.07, 6.45) is -2.11. The Balaban J connectivity index is 1.74. The van der Waals surface area contributed by atoms with E-state index in [1.165, 1.54) is 24.4 Å². The fourth-order valence-electron chi connectivity index (χ4n) is 3.39. The minimum absolute atomic E-state index is 0.0189. The molecule has 162 valence electrons. The number of carbonyl (C=O) groups is 1. The van der Waals surface area contributed by atoms with Gasteiger partial charge in [0.05, 0.1) is 5.56 Å². The van der Waals surface area contributed by atoms with Crippen molar-refractivity contribution in [2.45, 2.75) is 51.3 Å². The molecule has 0 spiro atoms. The number of benzene rings is 1. The van der Waals surface area contributed by atoms with Crippen molar-refractivity contribution < 1.29 is 27.4 Å². The third-order valence-electron chi connectivity index (χ3n) is 4.79. The Labute approximate surface area is 173 Å². The predicted molar refractivity (Wildman–Crippen MR) is 106 cm³/mol. The topological polar surface area (TPSA) is 51.7 Å². The van der Waals surface area contributed by atoms with Crippen molar-refractivity contribution in [3.05, 3.63) is 53.7 Å². The van der Waals surface area contributed by atoms with Gasteiger partial charge in [0.15, 0.2) is 0 Å². The van der Waals surface area contributed by atoms with E-state index in [0.717, 1.165) is 11.6 Å². The van der Waals surface area contributed by atoms with Crippen LogP contribution < -0.4 is 4.74 Å². The number of hydrogen-bond donors (Lipinski definition) is 0. The van der Waals surface area contributed by atoms with Crippen LogP contribution in [0.25, 0.3) is 0 Å². The van der Waals surface area contributed by atoms with Gasteiger partial charge in [-0.1, -0.05) is 18.2 Å². The van der Waals surface area contributed by atoms with Crippen molar-refractivity contribution in [1.29, 1.82) is 0 Å². The largest absolute Gasteiger partial charge is 0.444 e. The number of piperidine rings is 1. The number of para-hydroxylation sites is 1. The maximum absolute atomic E-state index is 13.3. The molecule has 0 radical (unpaired) electrons. The van der Waals surface area contributed by atoms with Crippen molar-refractivity contribution in [2.75, 3.05) is 13.1 Å². The fraction of sp³-hybridized carbons (Fsp3) is 0.455. The highest BCUT2D eigenvalue weighted by atomic mass is 19.4. The zero-order valence-corrected chi connectivity index (χ0v) is 17.2. The second-order valence-corrected chi connectivity index (χ2v) is 8.24. The molecule has 3 rings (SSSR count). The molecular formula is C22H25F3N2O3. The molecule has 1 amide bonds. The summed E-state index contributed by atoms with van der Waals surface area (Å²) < 4.78 is 50.9. The van der Waals surface area contributed by atoms with Gasteiger partial charge in [0.1, 0.15) is 11.4 Å². The molecule has 0 N–H and O–H groups in total. The molecular weight excluding hydrogens is 397 g/mol. The van der Waals surface area contributed by atoms with Crippen molar-refractivity contribution in [1.82, 2.24) is 9.88 Å². The van der Waals surface area contributed by atoms with E-state index in [4.69, 9.17) is 9.47 Å². The second kappa shape index (κ2) is 8.53. The van der Waals surface area contributed by atoms with Crippen molar-refractivity contribution in [3.8, 4) is 11.6 Å². The third kappa shape index (κ3) is 5.43. The fourth-order valence-corrected chi connectivity index (χ4v) is 3.39. The first kappa shape index (κ1) is 21.9. The molecule has 1 aromatic carbocycles. The maximum Gasteiger partial charge on any atom is 0.419 e. The summed E-state index contributed by atoms with van der Waals surface area (Å²) in [4.78, 5) is 18.1. The number of pyridine rings is 1. The lowest BCUT2D eigenvalue weighted by Crippen LogP contribution is -2.41. The summed E-state index contributed by atoms with van der Waals surface area (Å²) in [6.45, 7) is 6.43. The Morgan fingerprint density at radius 1 is 1.07 bits per heavy atom. The molecule has 1 aromatic heterocycles. The number of aromatic nitrogens is 1. The molecule has 5 nitrogen and oxygen atoms in total. The van der Waals surface area contributed by atoms with E-state index in [0.29, 0.717) is 25.9 Å². The zero-order chi connectivity index (χ0) is 21.9. The van der Waals surface area contributed by atoms with Crippen molar-refractivity contribution in [2.24, 2.45) is 0 Å². The Bertz CT molecular complexity index is 886. The zero-order valence-electron chi connectivity index (χ0n) is 17.2. The minimum atomic E-state index is -4.52. The monoisotopic (exact) mass is 422 g/mol. The van der Waals surface area contributed by atoms with Crippen LogP contribution in [0.1, 0.15) is 50.7 Å². The van der Waals surface area contributed by atoms with E-state index in [9.17, 15) is 18.0 Å². The van der Waals surface area contributed by atoms with Crippen LogP contribution in [0.2, 0.25) is 0 Å². The SMILES string of the molecule is CC(C)(C)OC(=O)N1CCC(c2cccnc2Oc2ccccc2C(F)(F)F)CC1. The number of ether oxygens (including phenoxy) is 2. The number of carbonyl (C=O) groups excluding carboxylic acids is 1. The third-order valence-corrected chi connectivity index (χ3v) is 4.79. The number of alkyl halides is 3. The number of rotatable bonds is 3. The molecule has 8 heteroatoms. The minimum Gasteiger partial charge on any atom is -0.444 e. The van der Waals surface area contributed by atoms with Gasteiger partial charge in [0.25, 0.3) is 0 Å². The van der Waals surface area contributed by atoms with Crippen LogP contribution in [0.4, 0.5) is 18.0 Å². The van der Waals surface area contributed by atoms with Gasteiger partial charge in [-0.05, 0) is 57.7 Å². The maximum atomic E-state index is 13.3. The van der Waals surface area contributed by atoms with Gasteiger partial charge in [-0.15, -0.1) is 0 Å². The quantitative estimate of drug-likeness (QED) is 0.608. The molecule has 1 fully saturated rings. The molecule has 0 atom stereocenters. The van der Waals surface area contributed by atoms with E-state index < -0.39 is 17.3 Å². The Morgan fingerprint density at radius 2 is 1.73 bits per heavy atom. The number of nitrogens with zero attached hydrogens (tertiary/aromatic N) is 2. The van der Waals surface area contributed by atoms with Gasteiger partial charge in [-0.25, -0.2) is 9.78 Å². The lowest BCUT2D eigenvalue weighted by Gasteiger charge is -2.33. The summed E-state index contributed by atoms with van der Waals surface area (Å²) in [6, 6.07) is 8.63. The van der Waals surface area contributed by atoms with Crippen molar-refractivity contribution in [3.63, 3.8) is 0 Å². The van der Waals surface area contributed by atoms with Crippen LogP contribution in [-0.2, 0) is 10.9 Å². The van der Waals surface area contributed by atoms with Gasteiger partial charge >= 0.3 is 12.3 Å².